The normalized spacial score (nSPS) is 28.2. The van der Waals surface area contributed by atoms with Crippen LogP contribution >= 0.6 is 23.3 Å². The standard InChI is InChI=1S/C12H15BrOS.H2O/c13-15(9-4-7-12(15)14)10-8-11-5-2-1-3-6-11;/h1-3,5-6H,4,7-10H2;1H2. The molecule has 1 fully saturated rings. The molecular formula is C12H17BrO2S. The summed E-state index contributed by atoms with van der Waals surface area (Å²) < 4.78 is 0. The first-order valence-corrected chi connectivity index (χ1v) is 9.07. The molecule has 1 heterocycles. The molecule has 1 aliphatic heterocycles. The number of hydrogen-bond acceptors (Lipinski definition) is 1. The fourth-order valence-electron chi connectivity index (χ4n) is 1.88. The maximum Gasteiger partial charge on any atom is 0.181 e. The third-order valence-corrected chi connectivity index (χ3v) is 8.65. The Morgan fingerprint density at radius 3 is 2.50 bits per heavy atom. The lowest BCUT2D eigenvalue weighted by atomic mass is 10.2. The van der Waals surface area contributed by atoms with E-state index in [0.717, 1.165) is 30.8 Å². The Balaban J connectivity index is 0.00000128. The summed E-state index contributed by atoms with van der Waals surface area (Å²) in [5, 5.41) is 0.471. The van der Waals surface area contributed by atoms with E-state index >= 15 is 0 Å². The van der Waals surface area contributed by atoms with Gasteiger partial charge in [0.1, 0.15) is 0 Å². The summed E-state index contributed by atoms with van der Waals surface area (Å²) in [6.07, 6.45) is 2.89. The number of halogens is 1. The van der Waals surface area contributed by atoms with Crippen LogP contribution in [0.15, 0.2) is 30.3 Å². The van der Waals surface area contributed by atoms with Crippen molar-refractivity contribution in [2.45, 2.75) is 19.3 Å². The van der Waals surface area contributed by atoms with Crippen LogP contribution in [0.3, 0.4) is 0 Å². The second kappa shape index (κ2) is 5.84. The van der Waals surface area contributed by atoms with E-state index in [2.05, 4.69) is 39.1 Å². The highest BCUT2D eigenvalue weighted by Gasteiger charge is 2.33. The molecule has 0 aromatic heterocycles. The molecule has 16 heavy (non-hydrogen) atoms. The van der Waals surface area contributed by atoms with Gasteiger partial charge in [-0.1, -0.05) is 30.3 Å². The summed E-state index contributed by atoms with van der Waals surface area (Å²) in [4.78, 5) is 11.7. The van der Waals surface area contributed by atoms with Gasteiger partial charge in [0.05, 0.1) is 0 Å². The summed E-state index contributed by atoms with van der Waals surface area (Å²) in [5.41, 5.74) is 1.34. The molecule has 2 N–H and O–H groups in total. The Kier molecular flexibility index (Phi) is 5.02. The van der Waals surface area contributed by atoms with Crippen molar-refractivity contribution in [2.24, 2.45) is 0 Å². The summed E-state index contributed by atoms with van der Waals surface area (Å²) in [5.74, 6) is 2.09. The number of benzene rings is 1. The number of carbonyl (C=O) groups excluding carboxylic acids is 1. The summed E-state index contributed by atoms with van der Waals surface area (Å²) in [6.45, 7) is 0. The number of aryl methyl sites for hydroxylation is 1. The van der Waals surface area contributed by atoms with Crippen molar-refractivity contribution in [1.82, 2.24) is 0 Å². The van der Waals surface area contributed by atoms with Crippen LogP contribution in [0.4, 0.5) is 0 Å². The second-order valence-electron chi connectivity index (χ2n) is 3.91. The van der Waals surface area contributed by atoms with Crippen LogP contribution in [0.1, 0.15) is 18.4 Å². The average molecular weight is 305 g/mol. The summed E-state index contributed by atoms with van der Waals surface area (Å²) in [6, 6.07) is 10.4. The lowest BCUT2D eigenvalue weighted by Crippen LogP contribution is -2.07. The van der Waals surface area contributed by atoms with E-state index in [9.17, 15) is 4.79 Å². The van der Waals surface area contributed by atoms with E-state index in [1.165, 1.54) is 5.56 Å². The van der Waals surface area contributed by atoms with Crippen LogP contribution in [0.2, 0.25) is 0 Å². The van der Waals surface area contributed by atoms with Gasteiger partial charge in [-0.25, -0.2) is 0 Å². The zero-order valence-electron chi connectivity index (χ0n) is 9.12. The van der Waals surface area contributed by atoms with Gasteiger partial charge in [-0.15, -0.1) is 8.46 Å². The van der Waals surface area contributed by atoms with Crippen molar-refractivity contribution in [3.05, 3.63) is 35.9 Å². The lowest BCUT2D eigenvalue weighted by Gasteiger charge is -2.25. The molecule has 0 saturated carbocycles. The van der Waals surface area contributed by atoms with Crippen LogP contribution in [0.5, 0.6) is 0 Å². The maximum absolute atomic E-state index is 11.7. The first-order valence-electron chi connectivity index (χ1n) is 5.26. The Labute approximate surface area is 105 Å². The third kappa shape index (κ3) is 3.09. The molecule has 0 radical (unpaired) electrons. The quantitative estimate of drug-likeness (QED) is 0.847. The van der Waals surface area contributed by atoms with E-state index in [0.29, 0.717) is 5.12 Å². The fourth-order valence-corrected chi connectivity index (χ4v) is 5.87. The molecule has 0 aliphatic carbocycles. The van der Waals surface area contributed by atoms with Gasteiger partial charge in [-0.2, -0.15) is 0 Å². The van der Waals surface area contributed by atoms with Gasteiger partial charge in [-0.3, -0.25) is 4.79 Å². The molecular weight excluding hydrogens is 288 g/mol. The van der Waals surface area contributed by atoms with Gasteiger partial charge in [0.25, 0.3) is 0 Å². The van der Waals surface area contributed by atoms with Crippen molar-refractivity contribution in [3.63, 3.8) is 0 Å². The molecule has 1 aromatic carbocycles. The summed E-state index contributed by atoms with van der Waals surface area (Å²) >= 11 is 3.70. The monoisotopic (exact) mass is 304 g/mol. The van der Waals surface area contributed by atoms with Crippen LogP contribution in [0.25, 0.3) is 0 Å². The number of rotatable bonds is 3. The molecule has 1 unspecified atom stereocenters. The Bertz CT molecular complexity index is 355. The molecule has 2 nitrogen and oxygen atoms in total. The van der Waals surface area contributed by atoms with Gasteiger partial charge in [-0.05, 0) is 44.7 Å². The minimum atomic E-state index is -1.11. The van der Waals surface area contributed by atoms with Gasteiger partial charge >= 0.3 is 0 Å². The molecule has 1 aliphatic rings. The Morgan fingerprint density at radius 1 is 1.25 bits per heavy atom. The van der Waals surface area contributed by atoms with Gasteiger partial charge < -0.3 is 5.48 Å². The molecule has 2 rings (SSSR count). The van der Waals surface area contributed by atoms with Crippen LogP contribution in [-0.4, -0.2) is 22.1 Å². The fraction of sp³-hybridized carbons (Fsp3) is 0.417. The van der Waals surface area contributed by atoms with E-state index < -0.39 is 8.46 Å². The second-order valence-corrected chi connectivity index (χ2v) is 10.5. The maximum atomic E-state index is 11.7. The molecule has 1 saturated heterocycles. The SMILES string of the molecule is O.O=C1CCCS1(Br)CCc1ccccc1. The van der Waals surface area contributed by atoms with Crippen molar-refractivity contribution >= 4 is 28.4 Å². The minimum Gasteiger partial charge on any atom is -0.412 e. The van der Waals surface area contributed by atoms with Crippen LogP contribution < -0.4 is 0 Å². The first-order chi connectivity index (χ1) is 7.21. The minimum absolute atomic E-state index is 0. The molecule has 4 heteroatoms. The topological polar surface area (TPSA) is 48.6 Å². The summed E-state index contributed by atoms with van der Waals surface area (Å²) in [7, 11) is -1.11. The highest BCUT2D eigenvalue weighted by atomic mass is 79.9. The lowest BCUT2D eigenvalue weighted by molar-refractivity contribution is -0.110. The first kappa shape index (κ1) is 13.7. The molecule has 0 spiro atoms. The van der Waals surface area contributed by atoms with Gasteiger partial charge in [0.15, 0.2) is 5.12 Å². The zero-order valence-corrected chi connectivity index (χ0v) is 11.5. The van der Waals surface area contributed by atoms with Crippen molar-refractivity contribution in [1.29, 1.82) is 0 Å². The highest BCUT2D eigenvalue weighted by molar-refractivity contribution is 9.60. The van der Waals surface area contributed by atoms with Crippen LogP contribution in [-0.2, 0) is 11.2 Å². The molecule has 90 valence electrons. The van der Waals surface area contributed by atoms with E-state index in [-0.39, 0.29) is 5.48 Å². The smallest absolute Gasteiger partial charge is 0.181 e. The van der Waals surface area contributed by atoms with Crippen molar-refractivity contribution in [2.75, 3.05) is 11.5 Å². The highest BCUT2D eigenvalue weighted by Crippen LogP contribution is 2.61. The van der Waals surface area contributed by atoms with Gasteiger partial charge in [0.2, 0.25) is 0 Å². The average Bonchev–Trinajstić information content (AvgIpc) is 2.59. The molecule has 1 atom stereocenters. The zero-order chi connectivity index (χ0) is 10.7. The van der Waals surface area contributed by atoms with Crippen molar-refractivity contribution in [3.8, 4) is 0 Å². The van der Waals surface area contributed by atoms with E-state index in [4.69, 9.17) is 0 Å². The molecule has 0 bridgehead atoms. The van der Waals surface area contributed by atoms with Crippen molar-refractivity contribution < 1.29 is 10.3 Å². The Morgan fingerprint density at radius 2 is 1.94 bits per heavy atom. The number of carbonyl (C=O) groups is 1. The van der Waals surface area contributed by atoms with Crippen LogP contribution in [0, 0.1) is 0 Å². The predicted molar refractivity (Wildman–Crippen MR) is 74.3 cm³/mol. The number of hydrogen-bond donors (Lipinski definition) is 0. The van der Waals surface area contributed by atoms with E-state index in [1.54, 1.807) is 0 Å². The van der Waals surface area contributed by atoms with E-state index in [1.807, 2.05) is 6.07 Å². The predicted octanol–water partition coefficient (Wildman–Crippen LogP) is 2.84. The Hall–Kier alpha value is -0.320. The third-order valence-electron chi connectivity index (χ3n) is 2.81. The molecule has 1 aromatic rings. The molecule has 0 amide bonds. The van der Waals surface area contributed by atoms with Gasteiger partial charge in [0, 0.05) is 6.42 Å². The largest absolute Gasteiger partial charge is 0.412 e.